The fourth-order valence-corrected chi connectivity index (χ4v) is 2.68. The van der Waals surface area contributed by atoms with Gasteiger partial charge in [-0.05, 0) is 39.0 Å². The standard InChI is InChI=1S/C16H18ClN3O2/c1-16(2,3)20-9-11(6-14(20)21)15(22)19-12-5-4-10(8-18)13(17)7-12/h4-5,7,11H,6,9H2,1-3H3,(H,19,22). The number of halogens is 1. The van der Waals surface area contributed by atoms with Gasteiger partial charge in [-0.3, -0.25) is 9.59 Å². The van der Waals surface area contributed by atoms with Gasteiger partial charge in [0.2, 0.25) is 11.8 Å². The van der Waals surface area contributed by atoms with Crippen molar-refractivity contribution in [2.24, 2.45) is 5.92 Å². The Labute approximate surface area is 134 Å². The van der Waals surface area contributed by atoms with Crippen molar-refractivity contribution in [3.8, 4) is 6.07 Å². The van der Waals surface area contributed by atoms with Crippen LogP contribution in [0.1, 0.15) is 32.8 Å². The van der Waals surface area contributed by atoms with E-state index in [2.05, 4.69) is 5.32 Å². The molecule has 116 valence electrons. The second-order valence-electron chi connectivity index (χ2n) is 6.37. The number of hydrogen-bond acceptors (Lipinski definition) is 3. The number of rotatable bonds is 2. The average molecular weight is 320 g/mol. The number of anilines is 1. The molecule has 5 nitrogen and oxygen atoms in total. The molecule has 2 rings (SSSR count). The van der Waals surface area contributed by atoms with E-state index in [1.54, 1.807) is 17.0 Å². The Balaban J connectivity index is 2.06. The zero-order valence-electron chi connectivity index (χ0n) is 12.8. The Morgan fingerprint density at radius 3 is 2.64 bits per heavy atom. The smallest absolute Gasteiger partial charge is 0.229 e. The summed E-state index contributed by atoms with van der Waals surface area (Å²) >= 11 is 5.94. The third-order valence-electron chi connectivity index (χ3n) is 3.66. The lowest BCUT2D eigenvalue weighted by Crippen LogP contribution is -2.42. The van der Waals surface area contributed by atoms with Gasteiger partial charge in [-0.15, -0.1) is 0 Å². The molecule has 1 unspecified atom stereocenters. The van der Waals surface area contributed by atoms with Gasteiger partial charge < -0.3 is 10.2 Å². The molecule has 0 aliphatic carbocycles. The Kier molecular flexibility index (Phi) is 4.43. The Morgan fingerprint density at radius 1 is 1.45 bits per heavy atom. The van der Waals surface area contributed by atoms with E-state index in [9.17, 15) is 9.59 Å². The van der Waals surface area contributed by atoms with Gasteiger partial charge in [-0.2, -0.15) is 5.26 Å². The first-order valence-electron chi connectivity index (χ1n) is 7.03. The maximum atomic E-state index is 12.3. The summed E-state index contributed by atoms with van der Waals surface area (Å²) in [6.07, 6.45) is 0.215. The van der Waals surface area contributed by atoms with Gasteiger partial charge in [0.1, 0.15) is 6.07 Å². The maximum absolute atomic E-state index is 12.3. The number of benzene rings is 1. The van der Waals surface area contributed by atoms with Gasteiger partial charge >= 0.3 is 0 Å². The molecule has 0 radical (unpaired) electrons. The topological polar surface area (TPSA) is 73.2 Å². The van der Waals surface area contributed by atoms with Crippen LogP contribution >= 0.6 is 11.6 Å². The molecule has 0 spiro atoms. The quantitative estimate of drug-likeness (QED) is 0.911. The Bertz CT molecular complexity index is 658. The lowest BCUT2D eigenvalue weighted by atomic mass is 10.1. The number of carbonyl (C=O) groups is 2. The molecule has 1 N–H and O–H groups in total. The second kappa shape index (κ2) is 5.98. The first kappa shape index (κ1) is 16.3. The van der Waals surface area contributed by atoms with Crippen LogP contribution in [0.3, 0.4) is 0 Å². The minimum atomic E-state index is -0.374. The Hall–Kier alpha value is -2.06. The molecule has 1 aliphatic heterocycles. The van der Waals surface area contributed by atoms with Crippen molar-refractivity contribution in [3.05, 3.63) is 28.8 Å². The Morgan fingerprint density at radius 2 is 2.14 bits per heavy atom. The fourth-order valence-electron chi connectivity index (χ4n) is 2.46. The highest BCUT2D eigenvalue weighted by Gasteiger charge is 2.39. The van der Waals surface area contributed by atoms with Crippen molar-refractivity contribution in [1.29, 1.82) is 5.26 Å². The van der Waals surface area contributed by atoms with Crippen molar-refractivity contribution >= 4 is 29.1 Å². The van der Waals surface area contributed by atoms with E-state index < -0.39 is 0 Å². The van der Waals surface area contributed by atoms with Crippen molar-refractivity contribution < 1.29 is 9.59 Å². The van der Waals surface area contributed by atoms with E-state index in [0.717, 1.165) is 0 Å². The largest absolute Gasteiger partial charge is 0.337 e. The first-order valence-corrected chi connectivity index (χ1v) is 7.41. The summed E-state index contributed by atoms with van der Waals surface area (Å²) < 4.78 is 0. The van der Waals surface area contributed by atoms with Crippen LogP contribution in [0.15, 0.2) is 18.2 Å². The number of carbonyl (C=O) groups excluding carboxylic acids is 2. The zero-order valence-corrected chi connectivity index (χ0v) is 13.6. The SMILES string of the molecule is CC(C)(C)N1CC(C(=O)Nc2ccc(C#N)c(Cl)c2)CC1=O. The highest BCUT2D eigenvalue weighted by molar-refractivity contribution is 6.32. The predicted octanol–water partition coefficient (Wildman–Crippen LogP) is 2.80. The summed E-state index contributed by atoms with van der Waals surface area (Å²) in [7, 11) is 0. The summed E-state index contributed by atoms with van der Waals surface area (Å²) in [6.45, 7) is 6.26. The molecule has 1 heterocycles. The molecule has 1 atom stereocenters. The lowest BCUT2D eigenvalue weighted by Gasteiger charge is -2.31. The summed E-state index contributed by atoms with van der Waals surface area (Å²) in [4.78, 5) is 26.0. The number of nitrogens with one attached hydrogen (secondary N) is 1. The van der Waals surface area contributed by atoms with Crippen LogP contribution in [0.5, 0.6) is 0 Å². The van der Waals surface area contributed by atoms with Gasteiger partial charge in [-0.1, -0.05) is 11.6 Å². The van der Waals surface area contributed by atoms with E-state index >= 15 is 0 Å². The second-order valence-corrected chi connectivity index (χ2v) is 6.78. The van der Waals surface area contributed by atoms with Gasteiger partial charge in [0, 0.05) is 24.2 Å². The molecule has 0 aromatic heterocycles. The summed E-state index contributed by atoms with van der Waals surface area (Å²) in [6, 6.07) is 6.68. The van der Waals surface area contributed by atoms with Crippen LogP contribution < -0.4 is 5.32 Å². The van der Waals surface area contributed by atoms with Crippen LogP contribution in [0.25, 0.3) is 0 Å². The normalized spacial score (nSPS) is 18.2. The van der Waals surface area contributed by atoms with Crippen LogP contribution in [0.2, 0.25) is 5.02 Å². The van der Waals surface area contributed by atoms with Gasteiger partial charge in [-0.25, -0.2) is 0 Å². The van der Waals surface area contributed by atoms with Gasteiger partial charge in [0.05, 0.1) is 16.5 Å². The van der Waals surface area contributed by atoms with Crippen LogP contribution in [-0.4, -0.2) is 28.8 Å². The number of nitrogens with zero attached hydrogens (tertiary/aromatic N) is 2. The highest BCUT2D eigenvalue weighted by atomic mass is 35.5. The van der Waals surface area contributed by atoms with Gasteiger partial charge in [0.15, 0.2) is 0 Å². The van der Waals surface area contributed by atoms with Crippen molar-refractivity contribution in [2.75, 3.05) is 11.9 Å². The molecule has 1 saturated heterocycles. The lowest BCUT2D eigenvalue weighted by molar-refractivity contribution is -0.131. The van der Waals surface area contributed by atoms with Gasteiger partial charge in [0.25, 0.3) is 0 Å². The number of hydrogen-bond donors (Lipinski definition) is 1. The molecule has 2 amide bonds. The molecule has 22 heavy (non-hydrogen) atoms. The van der Waals surface area contributed by atoms with E-state index in [-0.39, 0.29) is 29.7 Å². The molecule has 1 aliphatic rings. The van der Waals surface area contributed by atoms with Crippen LogP contribution in [0.4, 0.5) is 5.69 Å². The zero-order chi connectivity index (χ0) is 16.5. The number of nitriles is 1. The maximum Gasteiger partial charge on any atom is 0.229 e. The number of amides is 2. The molecular formula is C16H18ClN3O2. The highest BCUT2D eigenvalue weighted by Crippen LogP contribution is 2.27. The summed E-state index contributed by atoms with van der Waals surface area (Å²) in [5, 5.41) is 11.9. The van der Waals surface area contributed by atoms with E-state index in [1.165, 1.54) is 6.07 Å². The molecule has 0 bridgehead atoms. The summed E-state index contributed by atoms with van der Waals surface area (Å²) in [5.41, 5.74) is 0.592. The predicted molar refractivity (Wildman–Crippen MR) is 84.4 cm³/mol. The van der Waals surface area contributed by atoms with Crippen molar-refractivity contribution in [2.45, 2.75) is 32.7 Å². The summed E-state index contributed by atoms with van der Waals surface area (Å²) in [5.74, 6) is -0.590. The molecule has 6 heteroatoms. The van der Waals surface area contributed by atoms with E-state index in [4.69, 9.17) is 16.9 Å². The van der Waals surface area contributed by atoms with Crippen LogP contribution in [-0.2, 0) is 9.59 Å². The van der Waals surface area contributed by atoms with Crippen molar-refractivity contribution in [3.63, 3.8) is 0 Å². The molecule has 1 fully saturated rings. The molecule has 0 saturated carbocycles. The first-order chi connectivity index (χ1) is 10.2. The monoisotopic (exact) mass is 319 g/mol. The minimum absolute atomic E-state index is 0.00879. The third kappa shape index (κ3) is 3.40. The molecular weight excluding hydrogens is 302 g/mol. The number of likely N-dealkylation sites (tertiary alicyclic amines) is 1. The van der Waals surface area contributed by atoms with E-state index in [1.807, 2.05) is 26.8 Å². The van der Waals surface area contributed by atoms with Crippen LogP contribution in [0, 0.1) is 17.2 Å². The minimum Gasteiger partial charge on any atom is -0.337 e. The fraction of sp³-hybridized carbons (Fsp3) is 0.438. The third-order valence-corrected chi connectivity index (χ3v) is 3.98. The molecule has 1 aromatic rings. The average Bonchev–Trinajstić information content (AvgIpc) is 2.81. The molecule has 1 aromatic carbocycles. The van der Waals surface area contributed by atoms with Crippen molar-refractivity contribution in [1.82, 2.24) is 4.90 Å². The van der Waals surface area contributed by atoms with E-state index in [0.29, 0.717) is 22.8 Å².